The summed E-state index contributed by atoms with van der Waals surface area (Å²) in [7, 11) is 1.26. The normalized spacial score (nSPS) is 15.4. The predicted octanol–water partition coefficient (Wildman–Crippen LogP) is 3.29. The van der Waals surface area contributed by atoms with Crippen molar-refractivity contribution in [2.75, 3.05) is 26.9 Å². The zero-order chi connectivity index (χ0) is 30.8. The molecule has 14 heteroatoms. The summed E-state index contributed by atoms with van der Waals surface area (Å²) >= 11 is 3.37. The molecule has 4 N–H and O–H groups in total. The Labute approximate surface area is 251 Å². The number of nitrogens with one attached hydrogen (secondary N) is 3. The Morgan fingerprint density at radius 1 is 1.12 bits per heavy atom. The van der Waals surface area contributed by atoms with E-state index >= 15 is 0 Å². The minimum Gasteiger partial charge on any atom is -0.490 e. The van der Waals surface area contributed by atoms with Crippen LogP contribution in [0.5, 0.6) is 23.0 Å². The average molecular weight is 649 g/mol. The Bertz CT molecular complexity index is 1380. The first-order valence-electron chi connectivity index (χ1n) is 12.9. The van der Waals surface area contributed by atoms with Crippen molar-refractivity contribution in [3.05, 3.63) is 57.2 Å². The van der Waals surface area contributed by atoms with Gasteiger partial charge in [-0.25, -0.2) is 9.59 Å². The highest BCUT2D eigenvalue weighted by Gasteiger charge is 2.32. The van der Waals surface area contributed by atoms with Crippen LogP contribution >= 0.6 is 15.9 Å². The van der Waals surface area contributed by atoms with Crippen LogP contribution in [0.25, 0.3) is 0 Å². The van der Waals surface area contributed by atoms with E-state index in [1.165, 1.54) is 20.2 Å². The van der Waals surface area contributed by atoms with Crippen molar-refractivity contribution in [2.45, 2.75) is 40.0 Å². The summed E-state index contributed by atoms with van der Waals surface area (Å²) in [4.78, 5) is 36.0. The van der Waals surface area contributed by atoms with Gasteiger partial charge in [0.1, 0.15) is 6.61 Å². The van der Waals surface area contributed by atoms with Gasteiger partial charge in [0, 0.05) is 12.6 Å². The third-order valence-corrected chi connectivity index (χ3v) is 6.28. The number of esters is 2. The highest BCUT2D eigenvalue weighted by Crippen LogP contribution is 2.37. The van der Waals surface area contributed by atoms with Crippen molar-refractivity contribution in [2.24, 2.45) is 5.10 Å². The smallest absolute Gasteiger partial charge is 0.337 e. The molecule has 0 radical (unpaired) electrons. The molecular weight excluding hydrogens is 616 g/mol. The molecule has 2 amide bonds. The lowest BCUT2D eigenvalue weighted by atomic mass is 9.95. The molecule has 0 fully saturated rings. The zero-order valence-electron chi connectivity index (χ0n) is 23.8. The third kappa shape index (κ3) is 8.36. The summed E-state index contributed by atoms with van der Waals surface area (Å²) in [6, 6.07) is 7.03. The largest absolute Gasteiger partial charge is 0.490 e. The van der Waals surface area contributed by atoms with Crippen molar-refractivity contribution >= 4 is 40.1 Å². The fourth-order valence-electron chi connectivity index (χ4n) is 3.99. The molecule has 2 aromatic rings. The SMILES string of the molecule is CCOc1cc([C@H]2NC(=O)NC(C)=C2C(=O)OC)ccc1OC[C@H](O)N/N=C/c1cc(Br)c(OC(C)=O)c(OCC)c1. The van der Waals surface area contributed by atoms with E-state index in [1.54, 1.807) is 51.1 Å². The van der Waals surface area contributed by atoms with Crippen LogP contribution in [0.3, 0.4) is 0 Å². The van der Waals surface area contributed by atoms with Crippen LogP contribution in [-0.2, 0) is 14.3 Å². The lowest BCUT2D eigenvalue weighted by Crippen LogP contribution is -2.45. The van der Waals surface area contributed by atoms with E-state index in [-0.39, 0.29) is 17.9 Å². The molecule has 0 spiro atoms. The predicted molar refractivity (Wildman–Crippen MR) is 156 cm³/mol. The van der Waals surface area contributed by atoms with E-state index in [2.05, 4.69) is 37.1 Å². The van der Waals surface area contributed by atoms with E-state index in [1.807, 2.05) is 0 Å². The van der Waals surface area contributed by atoms with Crippen LogP contribution in [0.2, 0.25) is 0 Å². The lowest BCUT2D eigenvalue weighted by molar-refractivity contribution is -0.136. The fraction of sp³-hybridized carbons (Fsp3) is 0.357. The molecule has 1 aliphatic rings. The van der Waals surface area contributed by atoms with Crippen molar-refractivity contribution in [3.63, 3.8) is 0 Å². The summed E-state index contributed by atoms with van der Waals surface area (Å²) in [5.74, 6) is 0.224. The van der Waals surface area contributed by atoms with Gasteiger partial charge in [-0.05, 0) is 72.1 Å². The Morgan fingerprint density at radius 3 is 2.50 bits per heavy atom. The molecule has 3 rings (SSSR count). The number of halogens is 1. The van der Waals surface area contributed by atoms with E-state index in [9.17, 15) is 19.5 Å². The van der Waals surface area contributed by atoms with Crippen LogP contribution in [0.4, 0.5) is 4.79 Å². The molecule has 0 saturated heterocycles. The number of methoxy groups -OCH3 is 1. The summed E-state index contributed by atoms with van der Waals surface area (Å²) in [6.07, 6.45) is 0.265. The second kappa shape index (κ2) is 15.1. The highest BCUT2D eigenvalue weighted by atomic mass is 79.9. The second-order valence-electron chi connectivity index (χ2n) is 8.77. The van der Waals surface area contributed by atoms with Gasteiger partial charge >= 0.3 is 18.0 Å². The van der Waals surface area contributed by atoms with Crippen LogP contribution in [-0.4, -0.2) is 62.4 Å². The maximum atomic E-state index is 12.4. The molecule has 2 aromatic carbocycles. The van der Waals surface area contributed by atoms with Crippen molar-refractivity contribution < 1.29 is 43.2 Å². The number of allylic oxidation sites excluding steroid dienone is 1. The van der Waals surface area contributed by atoms with Gasteiger partial charge in [0.15, 0.2) is 29.2 Å². The summed E-state index contributed by atoms with van der Waals surface area (Å²) in [6.45, 7) is 7.00. The van der Waals surface area contributed by atoms with Crippen LogP contribution in [0, 0.1) is 0 Å². The molecule has 13 nitrogen and oxygen atoms in total. The maximum Gasteiger partial charge on any atom is 0.337 e. The molecule has 0 unspecified atom stereocenters. The number of hydrogen-bond acceptors (Lipinski definition) is 11. The number of nitrogens with zero attached hydrogens (tertiary/aromatic N) is 1. The Balaban J connectivity index is 1.70. The van der Waals surface area contributed by atoms with Crippen molar-refractivity contribution in [1.29, 1.82) is 0 Å². The molecule has 0 aromatic heterocycles. The van der Waals surface area contributed by atoms with Crippen LogP contribution < -0.4 is 35.0 Å². The number of aliphatic hydroxyl groups excluding tert-OH is 1. The summed E-state index contributed by atoms with van der Waals surface area (Å²) in [5.41, 5.74) is 4.39. The number of ether oxygens (including phenoxy) is 5. The van der Waals surface area contributed by atoms with E-state index in [4.69, 9.17) is 23.7 Å². The van der Waals surface area contributed by atoms with E-state index in [0.29, 0.717) is 51.8 Å². The number of aliphatic hydroxyl groups is 1. The lowest BCUT2D eigenvalue weighted by Gasteiger charge is -2.28. The first kappa shape index (κ1) is 32.2. The molecule has 0 saturated carbocycles. The molecule has 1 heterocycles. The van der Waals surface area contributed by atoms with Gasteiger partial charge in [0.25, 0.3) is 0 Å². The van der Waals surface area contributed by atoms with Crippen LogP contribution in [0.15, 0.2) is 51.2 Å². The highest BCUT2D eigenvalue weighted by molar-refractivity contribution is 9.10. The van der Waals surface area contributed by atoms with Gasteiger partial charge in [-0.2, -0.15) is 5.10 Å². The summed E-state index contributed by atoms with van der Waals surface area (Å²) in [5, 5.41) is 19.7. The van der Waals surface area contributed by atoms with Gasteiger partial charge in [-0.3, -0.25) is 10.2 Å². The van der Waals surface area contributed by atoms with Gasteiger partial charge < -0.3 is 39.4 Å². The Morgan fingerprint density at radius 2 is 1.83 bits per heavy atom. The minimum atomic E-state index is -1.19. The second-order valence-corrected chi connectivity index (χ2v) is 9.63. The number of rotatable bonds is 13. The average Bonchev–Trinajstić information content (AvgIpc) is 2.93. The number of amides is 2. The van der Waals surface area contributed by atoms with E-state index in [0.717, 1.165) is 0 Å². The third-order valence-electron chi connectivity index (χ3n) is 5.69. The Hall–Kier alpha value is -4.30. The molecule has 1 aliphatic heterocycles. The quantitative estimate of drug-likeness (QED) is 0.0832. The van der Waals surface area contributed by atoms with Crippen molar-refractivity contribution in [3.8, 4) is 23.0 Å². The van der Waals surface area contributed by atoms with Crippen molar-refractivity contribution in [1.82, 2.24) is 16.1 Å². The first-order valence-corrected chi connectivity index (χ1v) is 13.7. The standard InChI is InChI=1S/C28H33BrN4O9/c1-6-39-21-12-18(25-24(27(36)38-5)15(3)31-28(37)32-25)8-9-20(21)41-14-23(35)33-30-13-17-10-19(29)26(42-16(4)34)22(11-17)40-7-2/h8-13,23,25,33,35H,6-7,14H2,1-5H3,(H2,31,32,37)/b30-13+/t23-,25+/m0/s1. The minimum absolute atomic E-state index is 0.188. The fourth-order valence-corrected chi connectivity index (χ4v) is 4.53. The topological polar surface area (TPSA) is 166 Å². The van der Waals surface area contributed by atoms with Gasteiger partial charge in [-0.1, -0.05) is 6.07 Å². The molecule has 42 heavy (non-hydrogen) atoms. The van der Waals surface area contributed by atoms with Gasteiger partial charge in [0.2, 0.25) is 0 Å². The molecule has 0 aliphatic carbocycles. The molecule has 2 atom stereocenters. The number of urea groups is 1. The molecule has 226 valence electrons. The molecule has 0 bridgehead atoms. The van der Waals surface area contributed by atoms with Gasteiger partial charge in [0.05, 0.1) is 42.6 Å². The summed E-state index contributed by atoms with van der Waals surface area (Å²) < 4.78 is 27.7. The molecular formula is C28H33BrN4O9. The first-order chi connectivity index (χ1) is 20.1. The zero-order valence-corrected chi connectivity index (χ0v) is 25.4. The number of benzene rings is 2. The number of carbonyl (C=O) groups is 3. The Kier molecular flexibility index (Phi) is 11.6. The maximum absolute atomic E-state index is 12.4. The van der Waals surface area contributed by atoms with E-state index < -0.39 is 30.2 Å². The number of carbonyl (C=O) groups excluding carboxylic acids is 3. The number of hydrazone groups is 1. The number of hydrogen-bond donors (Lipinski definition) is 4. The van der Waals surface area contributed by atoms with Crippen LogP contribution in [0.1, 0.15) is 44.9 Å². The van der Waals surface area contributed by atoms with Gasteiger partial charge in [-0.15, -0.1) is 0 Å². The monoisotopic (exact) mass is 648 g/mol.